The molecule has 0 heterocycles. The van der Waals surface area contributed by atoms with Crippen LogP contribution >= 0.6 is 12.2 Å². The monoisotopic (exact) mass is 305 g/mol. The summed E-state index contributed by atoms with van der Waals surface area (Å²) in [5, 5.41) is 0. The minimum absolute atomic E-state index is 0.0458. The van der Waals surface area contributed by atoms with Gasteiger partial charge in [0.15, 0.2) is 0 Å². The first-order valence-corrected chi connectivity index (χ1v) is 6.80. The fourth-order valence-corrected chi connectivity index (χ4v) is 2.02. The van der Waals surface area contributed by atoms with Crippen molar-refractivity contribution in [3.63, 3.8) is 0 Å². The lowest BCUT2D eigenvalue weighted by Gasteiger charge is -2.08. The zero-order valence-corrected chi connectivity index (χ0v) is 12.5. The Bertz CT molecular complexity index is 629. The molecule has 0 saturated carbocycles. The largest absolute Gasteiger partial charge is 0.497 e. The molecule has 0 aliphatic heterocycles. The van der Waals surface area contributed by atoms with E-state index >= 15 is 0 Å². The third-order valence-corrected chi connectivity index (χ3v) is 3.21. The SMILES string of the molecule is COc1ccc(COCc2ccc(F)c(C(N)=S)c2)cc1. The van der Waals surface area contributed by atoms with Crippen LogP contribution in [0, 0.1) is 5.82 Å². The lowest BCUT2D eigenvalue weighted by molar-refractivity contribution is 0.107. The van der Waals surface area contributed by atoms with Gasteiger partial charge in [0.25, 0.3) is 0 Å². The van der Waals surface area contributed by atoms with E-state index in [4.69, 9.17) is 27.4 Å². The van der Waals surface area contributed by atoms with Crippen LogP contribution in [0.1, 0.15) is 16.7 Å². The number of hydrogen-bond acceptors (Lipinski definition) is 3. The highest BCUT2D eigenvalue weighted by molar-refractivity contribution is 7.80. The second-order valence-electron chi connectivity index (χ2n) is 4.52. The van der Waals surface area contributed by atoms with Crippen LogP contribution in [0.2, 0.25) is 0 Å². The highest BCUT2D eigenvalue weighted by Crippen LogP contribution is 2.14. The number of nitrogens with two attached hydrogens (primary N) is 1. The van der Waals surface area contributed by atoms with E-state index in [-0.39, 0.29) is 10.6 Å². The topological polar surface area (TPSA) is 44.5 Å². The van der Waals surface area contributed by atoms with Crippen molar-refractivity contribution in [3.05, 3.63) is 65.0 Å². The maximum atomic E-state index is 13.5. The summed E-state index contributed by atoms with van der Waals surface area (Å²) in [6.45, 7) is 0.825. The molecule has 110 valence electrons. The van der Waals surface area contributed by atoms with Crippen LogP contribution in [0.5, 0.6) is 5.75 Å². The van der Waals surface area contributed by atoms with Crippen molar-refractivity contribution in [1.29, 1.82) is 0 Å². The summed E-state index contributed by atoms with van der Waals surface area (Å²) in [6, 6.07) is 12.2. The number of benzene rings is 2. The predicted octanol–water partition coefficient (Wildman–Crippen LogP) is 3.19. The van der Waals surface area contributed by atoms with Gasteiger partial charge in [-0.05, 0) is 35.4 Å². The molecule has 0 saturated heterocycles. The van der Waals surface area contributed by atoms with Gasteiger partial charge in [0.2, 0.25) is 0 Å². The van der Waals surface area contributed by atoms with E-state index in [0.717, 1.165) is 16.9 Å². The highest BCUT2D eigenvalue weighted by Gasteiger charge is 2.06. The Balaban J connectivity index is 1.93. The summed E-state index contributed by atoms with van der Waals surface area (Å²) < 4.78 is 24.2. The van der Waals surface area contributed by atoms with Gasteiger partial charge < -0.3 is 15.2 Å². The molecule has 3 nitrogen and oxygen atoms in total. The number of methoxy groups -OCH3 is 1. The number of ether oxygens (including phenoxy) is 2. The van der Waals surface area contributed by atoms with E-state index in [1.807, 2.05) is 24.3 Å². The quantitative estimate of drug-likeness (QED) is 0.833. The van der Waals surface area contributed by atoms with Gasteiger partial charge in [-0.1, -0.05) is 30.4 Å². The molecule has 0 unspecified atom stereocenters. The fraction of sp³-hybridized carbons (Fsp3) is 0.188. The molecule has 0 spiro atoms. The van der Waals surface area contributed by atoms with Crippen LogP contribution in [-0.4, -0.2) is 12.1 Å². The van der Waals surface area contributed by atoms with E-state index in [1.54, 1.807) is 19.2 Å². The predicted molar refractivity (Wildman–Crippen MR) is 83.8 cm³/mol. The Hall–Kier alpha value is -1.98. The lowest BCUT2D eigenvalue weighted by Crippen LogP contribution is -2.12. The minimum Gasteiger partial charge on any atom is -0.497 e. The van der Waals surface area contributed by atoms with Crippen LogP contribution in [0.25, 0.3) is 0 Å². The molecule has 21 heavy (non-hydrogen) atoms. The van der Waals surface area contributed by atoms with Crippen LogP contribution in [0.4, 0.5) is 4.39 Å². The Kier molecular flexibility index (Phi) is 5.25. The molecular formula is C16H16FNO2S. The summed E-state index contributed by atoms with van der Waals surface area (Å²) in [5.74, 6) is 0.389. The van der Waals surface area contributed by atoms with Crippen molar-refractivity contribution in [3.8, 4) is 5.75 Å². The summed E-state index contributed by atoms with van der Waals surface area (Å²) in [6.07, 6.45) is 0. The van der Waals surface area contributed by atoms with Gasteiger partial charge in [-0.3, -0.25) is 0 Å². The molecule has 2 aromatic rings. The minimum atomic E-state index is -0.415. The third-order valence-electron chi connectivity index (χ3n) is 2.99. The molecule has 0 aromatic heterocycles. The van der Waals surface area contributed by atoms with E-state index < -0.39 is 5.82 Å². The summed E-state index contributed by atoms with van der Waals surface area (Å²) in [4.78, 5) is 0.0458. The third kappa shape index (κ3) is 4.24. The van der Waals surface area contributed by atoms with Crippen LogP contribution in [0.3, 0.4) is 0 Å². The molecule has 0 fully saturated rings. The maximum Gasteiger partial charge on any atom is 0.133 e. The maximum absolute atomic E-state index is 13.5. The van der Waals surface area contributed by atoms with Gasteiger partial charge in [0.05, 0.1) is 20.3 Å². The summed E-state index contributed by atoms with van der Waals surface area (Å²) >= 11 is 4.81. The van der Waals surface area contributed by atoms with Crippen LogP contribution in [0.15, 0.2) is 42.5 Å². The van der Waals surface area contributed by atoms with E-state index in [0.29, 0.717) is 13.2 Å². The normalized spacial score (nSPS) is 10.4. The summed E-state index contributed by atoms with van der Waals surface area (Å²) in [7, 11) is 1.62. The molecule has 5 heteroatoms. The lowest BCUT2D eigenvalue weighted by atomic mass is 10.1. The molecule has 2 N–H and O–H groups in total. The van der Waals surface area contributed by atoms with Gasteiger partial charge in [0.1, 0.15) is 16.6 Å². The molecule has 2 rings (SSSR count). The Morgan fingerprint density at radius 3 is 2.33 bits per heavy atom. The number of thiocarbonyl (C=S) groups is 1. The number of hydrogen-bond donors (Lipinski definition) is 1. The average Bonchev–Trinajstić information content (AvgIpc) is 2.49. The Labute approximate surface area is 128 Å². The van der Waals surface area contributed by atoms with Crippen molar-refractivity contribution in [1.82, 2.24) is 0 Å². The van der Waals surface area contributed by atoms with Crippen molar-refractivity contribution in [2.24, 2.45) is 5.73 Å². The van der Waals surface area contributed by atoms with E-state index in [2.05, 4.69) is 0 Å². The van der Waals surface area contributed by atoms with Crippen molar-refractivity contribution in [2.75, 3.05) is 7.11 Å². The molecule has 2 aromatic carbocycles. The molecule has 0 amide bonds. The van der Waals surface area contributed by atoms with E-state index in [9.17, 15) is 4.39 Å². The first-order valence-electron chi connectivity index (χ1n) is 6.39. The second-order valence-corrected chi connectivity index (χ2v) is 4.96. The first kappa shape index (κ1) is 15.4. The number of halogens is 1. The Morgan fingerprint density at radius 1 is 1.10 bits per heavy atom. The zero-order chi connectivity index (χ0) is 15.2. The highest BCUT2D eigenvalue weighted by atomic mass is 32.1. The molecule has 0 aliphatic carbocycles. The summed E-state index contributed by atoms with van der Waals surface area (Å²) in [5.41, 5.74) is 7.58. The van der Waals surface area contributed by atoms with Crippen LogP contribution in [-0.2, 0) is 18.0 Å². The van der Waals surface area contributed by atoms with Gasteiger partial charge in [-0.25, -0.2) is 4.39 Å². The molecule has 0 bridgehead atoms. The molecular weight excluding hydrogens is 289 g/mol. The van der Waals surface area contributed by atoms with E-state index in [1.165, 1.54) is 6.07 Å². The van der Waals surface area contributed by atoms with Crippen LogP contribution < -0.4 is 10.5 Å². The Morgan fingerprint density at radius 2 is 1.71 bits per heavy atom. The number of rotatable bonds is 6. The molecule has 0 aliphatic rings. The zero-order valence-electron chi connectivity index (χ0n) is 11.6. The average molecular weight is 305 g/mol. The van der Waals surface area contributed by atoms with Crippen molar-refractivity contribution >= 4 is 17.2 Å². The molecule has 0 atom stereocenters. The molecule has 0 radical (unpaired) electrons. The van der Waals surface area contributed by atoms with Gasteiger partial charge in [-0.2, -0.15) is 0 Å². The van der Waals surface area contributed by atoms with Crippen molar-refractivity contribution < 1.29 is 13.9 Å². The van der Waals surface area contributed by atoms with Gasteiger partial charge in [-0.15, -0.1) is 0 Å². The van der Waals surface area contributed by atoms with Gasteiger partial charge >= 0.3 is 0 Å². The standard InChI is InChI=1S/C16H16FNO2S/c1-19-13-5-2-11(3-6-13)9-20-10-12-4-7-15(17)14(8-12)16(18)21/h2-8H,9-10H2,1H3,(H2,18,21). The van der Waals surface area contributed by atoms with Crippen molar-refractivity contribution in [2.45, 2.75) is 13.2 Å². The fourth-order valence-electron chi connectivity index (χ4n) is 1.86. The van der Waals surface area contributed by atoms with Gasteiger partial charge in [0, 0.05) is 5.56 Å². The first-order chi connectivity index (χ1) is 10.1. The smallest absolute Gasteiger partial charge is 0.133 e. The second kappa shape index (κ2) is 7.15.